The number of carbonyl (C=O) groups excluding carboxylic acids is 1. The van der Waals surface area contributed by atoms with E-state index in [1.165, 1.54) is 4.90 Å². The van der Waals surface area contributed by atoms with E-state index in [4.69, 9.17) is 11.2 Å². The van der Waals surface area contributed by atoms with Crippen molar-refractivity contribution in [2.75, 3.05) is 4.90 Å². The number of anilines is 2. The van der Waals surface area contributed by atoms with Crippen LogP contribution in [0.3, 0.4) is 0 Å². The number of rotatable bonds is 2. The fourth-order valence-corrected chi connectivity index (χ4v) is 2.30. The van der Waals surface area contributed by atoms with E-state index in [-0.39, 0.29) is 0 Å². The van der Waals surface area contributed by atoms with E-state index in [9.17, 15) is 4.79 Å². The highest BCUT2D eigenvalue weighted by molar-refractivity contribution is 9.10. The summed E-state index contributed by atoms with van der Waals surface area (Å²) in [6.07, 6.45) is 5.11. The van der Waals surface area contributed by atoms with E-state index in [0.29, 0.717) is 16.9 Å². The number of halogens is 1. The molecular formula is C19H18BrNO2. The van der Waals surface area contributed by atoms with E-state index in [0.717, 1.165) is 4.47 Å². The number of nitrogens with zero attached hydrogens (tertiary/aromatic N) is 1. The number of para-hydroxylation sites is 1. The van der Waals surface area contributed by atoms with Crippen LogP contribution >= 0.6 is 15.9 Å². The van der Waals surface area contributed by atoms with Crippen LogP contribution in [-0.2, 0) is 4.74 Å². The summed E-state index contributed by atoms with van der Waals surface area (Å²) < 4.78 is 6.47. The van der Waals surface area contributed by atoms with Gasteiger partial charge < -0.3 is 4.74 Å². The molecule has 0 bridgehead atoms. The molecule has 118 valence electrons. The van der Waals surface area contributed by atoms with Crippen molar-refractivity contribution < 1.29 is 9.53 Å². The summed E-state index contributed by atoms with van der Waals surface area (Å²) >= 11 is 3.40. The third kappa shape index (κ3) is 4.37. The Labute approximate surface area is 145 Å². The Morgan fingerprint density at radius 1 is 1.13 bits per heavy atom. The van der Waals surface area contributed by atoms with Crippen molar-refractivity contribution in [3.63, 3.8) is 0 Å². The van der Waals surface area contributed by atoms with Crippen molar-refractivity contribution in [1.29, 1.82) is 0 Å². The van der Waals surface area contributed by atoms with Crippen molar-refractivity contribution in [2.24, 2.45) is 0 Å². The van der Waals surface area contributed by atoms with Gasteiger partial charge >= 0.3 is 6.09 Å². The van der Waals surface area contributed by atoms with E-state index in [1.54, 1.807) is 12.1 Å². The van der Waals surface area contributed by atoms with Crippen LogP contribution < -0.4 is 4.90 Å². The Hall–Kier alpha value is -2.25. The highest BCUT2D eigenvalue weighted by Crippen LogP contribution is 2.31. The molecule has 0 heterocycles. The Morgan fingerprint density at radius 2 is 1.74 bits per heavy atom. The van der Waals surface area contributed by atoms with Gasteiger partial charge in [0.2, 0.25) is 0 Å². The smallest absolute Gasteiger partial charge is 0.419 e. The van der Waals surface area contributed by atoms with Gasteiger partial charge in [-0.05, 0) is 57.2 Å². The molecule has 0 aliphatic rings. The highest BCUT2D eigenvalue weighted by Gasteiger charge is 2.26. The predicted octanol–water partition coefficient (Wildman–Crippen LogP) is 5.50. The second-order valence-corrected chi connectivity index (χ2v) is 6.87. The molecule has 0 spiro atoms. The highest BCUT2D eigenvalue weighted by atomic mass is 79.9. The lowest BCUT2D eigenvalue weighted by Crippen LogP contribution is -2.34. The van der Waals surface area contributed by atoms with Gasteiger partial charge in [0, 0.05) is 10.0 Å². The van der Waals surface area contributed by atoms with Crippen LogP contribution in [0.5, 0.6) is 0 Å². The Balaban J connectivity index is 2.54. The molecule has 3 nitrogen and oxygen atoms in total. The van der Waals surface area contributed by atoms with Gasteiger partial charge in [0.15, 0.2) is 0 Å². The van der Waals surface area contributed by atoms with Crippen LogP contribution in [0.25, 0.3) is 0 Å². The van der Waals surface area contributed by atoms with E-state index < -0.39 is 11.7 Å². The number of benzene rings is 2. The summed E-state index contributed by atoms with van der Waals surface area (Å²) in [5.74, 6) is 2.62. The van der Waals surface area contributed by atoms with Gasteiger partial charge in [-0.1, -0.05) is 34.0 Å². The van der Waals surface area contributed by atoms with Gasteiger partial charge in [-0.25, -0.2) is 9.69 Å². The number of hydrogen-bond donors (Lipinski definition) is 0. The second kappa shape index (κ2) is 6.89. The number of terminal acetylenes is 1. The van der Waals surface area contributed by atoms with Crippen LogP contribution in [0.15, 0.2) is 53.0 Å². The number of carbonyl (C=O) groups is 1. The van der Waals surface area contributed by atoms with Crippen LogP contribution in [0.1, 0.15) is 26.3 Å². The van der Waals surface area contributed by atoms with E-state index in [1.807, 2.05) is 57.2 Å². The molecule has 0 N–H and O–H groups in total. The minimum atomic E-state index is -0.601. The maximum absolute atomic E-state index is 12.7. The topological polar surface area (TPSA) is 29.5 Å². The van der Waals surface area contributed by atoms with Crippen LogP contribution in [0, 0.1) is 12.3 Å². The fourth-order valence-electron chi connectivity index (χ4n) is 2.03. The molecule has 0 atom stereocenters. The first kappa shape index (κ1) is 17.1. The summed E-state index contributed by atoms with van der Waals surface area (Å²) in [7, 11) is 0. The molecule has 0 saturated carbocycles. The third-order valence-corrected chi connectivity index (χ3v) is 3.49. The maximum Gasteiger partial charge on any atom is 0.419 e. The molecule has 1 amide bonds. The first-order valence-corrected chi connectivity index (χ1v) is 7.95. The average molecular weight is 372 g/mol. The summed E-state index contributed by atoms with van der Waals surface area (Å²) in [6, 6.07) is 14.7. The third-order valence-electron chi connectivity index (χ3n) is 2.96. The Kier molecular flexibility index (Phi) is 5.12. The normalized spacial score (nSPS) is 10.7. The SMILES string of the molecule is C#Cc1ccccc1N(C(=O)OC(C)(C)C)c1ccc(Br)cc1. The van der Waals surface area contributed by atoms with Crippen molar-refractivity contribution in [3.8, 4) is 12.3 Å². The average Bonchev–Trinajstić information content (AvgIpc) is 2.48. The molecule has 23 heavy (non-hydrogen) atoms. The molecule has 0 saturated heterocycles. The molecule has 2 aromatic carbocycles. The molecule has 0 fully saturated rings. The number of hydrogen-bond acceptors (Lipinski definition) is 2. The molecule has 0 unspecified atom stereocenters. The zero-order chi connectivity index (χ0) is 17.0. The first-order chi connectivity index (χ1) is 10.8. The maximum atomic E-state index is 12.7. The van der Waals surface area contributed by atoms with Crippen LogP contribution in [-0.4, -0.2) is 11.7 Å². The Morgan fingerprint density at radius 3 is 2.30 bits per heavy atom. The largest absolute Gasteiger partial charge is 0.443 e. The molecule has 0 aliphatic carbocycles. The predicted molar refractivity (Wildman–Crippen MR) is 96.9 cm³/mol. The van der Waals surface area contributed by atoms with Gasteiger partial charge in [-0.2, -0.15) is 0 Å². The molecule has 0 aliphatic heterocycles. The molecule has 4 heteroatoms. The lowest BCUT2D eigenvalue weighted by molar-refractivity contribution is 0.0599. The van der Waals surface area contributed by atoms with E-state index >= 15 is 0 Å². The molecule has 0 aromatic heterocycles. The van der Waals surface area contributed by atoms with Crippen molar-refractivity contribution in [3.05, 3.63) is 58.6 Å². The summed E-state index contributed by atoms with van der Waals surface area (Å²) in [5.41, 5.74) is 1.33. The summed E-state index contributed by atoms with van der Waals surface area (Å²) in [6.45, 7) is 5.49. The summed E-state index contributed by atoms with van der Waals surface area (Å²) in [5, 5.41) is 0. The second-order valence-electron chi connectivity index (χ2n) is 5.95. The van der Waals surface area contributed by atoms with E-state index in [2.05, 4.69) is 21.9 Å². The molecule has 2 rings (SSSR count). The summed E-state index contributed by atoms with van der Waals surface area (Å²) in [4.78, 5) is 14.2. The van der Waals surface area contributed by atoms with Crippen LogP contribution in [0.2, 0.25) is 0 Å². The molecule has 2 aromatic rings. The lowest BCUT2D eigenvalue weighted by atomic mass is 10.1. The minimum absolute atomic E-state index is 0.470. The Bertz CT molecular complexity index is 739. The van der Waals surface area contributed by atoms with Gasteiger partial charge in [0.25, 0.3) is 0 Å². The zero-order valence-corrected chi connectivity index (χ0v) is 14.9. The van der Waals surface area contributed by atoms with Gasteiger partial charge in [-0.15, -0.1) is 6.42 Å². The van der Waals surface area contributed by atoms with Crippen molar-refractivity contribution in [2.45, 2.75) is 26.4 Å². The van der Waals surface area contributed by atoms with Crippen molar-refractivity contribution in [1.82, 2.24) is 0 Å². The quantitative estimate of drug-likeness (QED) is 0.651. The van der Waals surface area contributed by atoms with Gasteiger partial charge in [-0.3, -0.25) is 0 Å². The molecular weight excluding hydrogens is 354 g/mol. The number of amides is 1. The van der Waals surface area contributed by atoms with Gasteiger partial charge in [0.1, 0.15) is 5.60 Å². The minimum Gasteiger partial charge on any atom is -0.443 e. The number of ether oxygens (including phenoxy) is 1. The monoisotopic (exact) mass is 371 g/mol. The van der Waals surface area contributed by atoms with Gasteiger partial charge in [0.05, 0.1) is 11.4 Å². The first-order valence-electron chi connectivity index (χ1n) is 7.16. The van der Waals surface area contributed by atoms with Crippen LogP contribution in [0.4, 0.5) is 16.2 Å². The fraction of sp³-hybridized carbons (Fsp3) is 0.211. The lowest BCUT2D eigenvalue weighted by Gasteiger charge is -2.28. The standard InChI is InChI=1S/C19H18BrNO2/c1-5-14-8-6-7-9-17(14)21(18(22)23-19(2,3)4)16-12-10-15(20)11-13-16/h1,6-13H,2-4H3. The molecule has 0 radical (unpaired) electrons. The zero-order valence-electron chi connectivity index (χ0n) is 13.3. The van der Waals surface area contributed by atoms with Crippen molar-refractivity contribution >= 4 is 33.4 Å².